The molecule has 1 aromatic heterocycles. The fraction of sp³-hybridized carbons (Fsp3) is 0.353. The Bertz CT molecular complexity index is 546. The Labute approximate surface area is 121 Å². The highest BCUT2D eigenvalue weighted by Gasteiger charge is 2.11. The summed E-state index contributed by atoms with van der Waals surface area (Å²) in [6, 6.07) is 13.0. The third-order valence-corrected chi connectivity index (χ3v) is 3.54. The van der Waals surface area contributed by atoms with Gasteiger partial charge in [0, 0.05) is 26.0 Å². The topological polar surface area (TPSA) is 28.2 Å². The minimum Gasteiger partial charge on any atom is -0.378 e. The van der Waals surface area contributed by atoms with Gasteiger partial charge in [-0.2, -0.15) is 0 Å². The van der Waals surface area contributed by atoms with E-state index in [0.29, 0.717) is 6.04 Å². The van der Waals surface area contributed by atoms with Gasteiger partial charge in [0.25, 0.3) is 0 Å². The van der Waals surface area contributed by atoms with Crippen LogP contribution in [0.4, 0.5) is 11.5 Å². The van der Waals surface area contributed by atoms with E-state index in [4.69, 9.17) is 0 Å². The molecule has 3 nitrogen and oxygen atoms in total. The zero-order valence-corrected chi connectivity index (χ0v) is 12.7. The Kier molecular flexibility index (Phi) is 4.61. The molecule has 0 aliphatic carbocycles. The normalized spacial score (nSPS) is 12.0. The molecule has 0 aliphatic rings. The predicted molar refractivity (Wildman–Crippen MR) is 86.4 cm³/mol. The lowest BCUT2D eigenvalue weighted by Gasteiger charge is -2.20. The number of anilines is 2. The van der Waals surface area contributed by atoms with Crippen molar-refractivity contribution in [3.05, 3.63) is 53.7 Å². The standard InChI is InChI=1S/C17H23N3/c1-5-16(19-17-13(2)7-6-12-18-17)14-8-10-15(11-9-14)20(3)4/h6-12,16H,5H2,1-4H3,(H,18,19). The summed E-state index contributed by atoms with van der Waals surface area (Å²) in [6.07, 6.45) is 2.86. The summed E-state index contributed by atoms with van der Waals surface area (Å²) in [6.45, 7) is 4.27. The van der Waals surface area contributed by atoms with Gasteiger partial charge in [-0.05, 0) is 42.7 Å². The van der Waals surface area contributed by atoms with Crippen molar-refractivity contribution in [1.82, 2.24) is 4.98 Å². The van der Waals surface area contributed by atoms with Crippen molar-refractivity contribution in [2.24, 2.45) is 0 Å². The molecule has 106 valence electrons. The first-order valence-corrected chi connectivity index (χ1v) is 7.07. The molecule has 2 aromatic rings. The van der Waals surface area contributed by atoms with Gasteiger partial charge in [0.15, 0.2) is 0 Å². The molecule has 0 amide bonds. The Balaban J connectivity index is 2.18. The van der Waals surface area contributed by atoms with E-state index in [1.54, 1.807) is 0 Å². The second-order valence-corrected chi connectivity index (χ2v) is 5.26. The second-order valence-electron chi connectivity index (χ2n) is 5.26. The average molecular weight is 269 g/mol. The molecule has 1 unspecified atom stereocenters. The van der Waals surface area contributed by atoms with Crippen LogP contribution in [-0.2, 0) is 0 Å². The zero-order valence-electron chi connectivity index (χ0n) is 12.7. The Morgan fingerprint density at radius 1 is 1.15 bits per heavy atom. The average Bonchev–Trinajstić information content (AvgIpc) is 2.46. The van der Waals surface area contributed by atoms with Gasteiger partial charge in [-0.15, -0.1) is 0 Å². The van der Waals surface area contributed by atoms with Gasteiger partial charge in [-0.1, -0.05) is 25.1 Å². The maximum absolute atomic E-state index is 4.42. The summed E-state index contributed by atoms with van der Waals surface area (Å²) < 4.78 is 0. The molecule has 1 N–H and O–H groups in total. The van der Waals surface area contributed by atoms with E-state index in [1.165, 1.54) is 16.8 Å². The number of benzene rings is 1. The lowest BCUT2D eigenvalue weighted by atomic mass is 10.0. The van der Waals surface area contributed by atoms with Crippen LogP contribution in [0.2, 0.25) is 0 Å². The van der Waals surface area contributed by atoms with Gasteiger partial charge >= 0.3 is 0 Å². The molecule has 1 atom stereocenters. The summed E-state index contributed by atoms with van der Waals surface area (Å²) in [4.78, 5) is 6.53. The predicted octanol–water partition coefficient (Wildman–Crippen LogP) is 4.02. The molecule has 0 saturated heterocycles. The fourth-order valence-electron chi connectivity index (χ4n) is 2.23. The van der Waals surface area contributed by atoms with Crippen LogP contribution >= 0.6 is 0 Å². The van der Waals surface area contributed by atoms with Crippen molar-refractivity contribution >= 4 is 11.5 Å². The van der Waals surface area contributed by atoms with Crippen LogP contribution in [-0.4, -0.2) is 19.1 Å². The third kappa shape index (κ3) is 3.29. The molecule has 0 bridgehead atoms. The molecular weight excluding hydrogens is 246 g/mol. The quantitative estimate of drug-likeness (QED) is 0.888. The first kappa shape index (κ1) is 14.4. The van der Waals surface area contributed by atoms with Crippen molar-refractivity contribution in [3.63, 3.8) is 0 Å². The molecule has 1 heterocycles. The van der Waals surface area contributed by atoms with E-state index in [1.807, 2.05) is 12.3 Å². The van der Waals surface area contributed by atoms with E-state index >= 15 is 0 Å². The Morgan fingerprint density at radius 2 is 1.85 bits per heavy atom. The van der Waals surface area contributed by atoms with Gasteiger partial charge in [-0.3, -0.25) is 0 Å². The summed E-state index contributed by atoms with van der Waals surface area (Å²) in [5, 5.41) is 3.54. The van der Waals surface area contributed by atoms with Crippen molar-refractivity contribution in [3.8, 4) is 0 Å². The van der Waals surface area contributed by atoms with E-state index in [-0.39, 0.29) is 0 Å². The molecular formula is C17H23N3. The molecule has 0 spiro atoms. The Hall–Kier alpha value is -2.03. The van der Waals surface area contributed by atoms with E-state index in [2.05, 4.69) is 73.5 Å². The summed E-state index contributed by atoms with van der Waals surface area (Å²) in [7, 11) is 4.11. The first-order chi connectivity index (χ1) is 9.61. The maximum atomic E-state index is 4.42. The summed E-state index contributed by atoms with van der Waals surface area (Å²) in [5.74, 6) is 0.969. The van der Waals surface area contributed by atoms with Crippen LogP contribution in [0.15, 0.2) is 42.6 Å². The van der Waals surface area contributed by atoms with Crippen LogP contribution in [0.1, 0.15) is 30.5 Å². The second kappa shape index (κ2) is 6.42. The van der Waals surface area contributed by atoms with E-state index < -0.39 is 0 Å². The lowest BCUT2D eigenvalue weighted by molar-refractivity contribution is 0.743. The number of rotatable bonds is 5. The number of nitrogens with one attached hydrogen (secondary N) is 1. The number of hydrogen-bond donors (Lipinski definition) is 1. The van der Waals surface area contributed by atoms with Gasteiger partial charge in [0.05, 0.1) is 6.04 Å². The smallest absolute Gasteiger partial charge is 0.129 e. The summed E-state index contributed by atoms with van der Waals surface area (Å²) in [5.41, 5.74) is 3.69. The fourth-order valence-corrected chi connectivity index (χ4v) is 2.23. The number of aryl methyl sites for hydroxylation is 1. The SMILES string of the molecule is CCC(Nc1ncccc1C)c1ccc(N(C)C)cc1. The lowest BCUT2D eigenvalue weighted by Crippen LogP contribution is -2.12. The molecule has 0 radical (unpaired) electrons. The first-order valence-electron chi connectivity index (χ1n) is 7.07. The molecule has 0 fully saturated rings. The maximum Gasteiger partial charge on any atom is 0.129 e. The number of aromatic nitrogens is 1. The van der Waals surface area contributed by atoms with Gasteiger partial charge in [0.1, 0.15) is 5.82 Å². The van der Waals surface area contributed by atoms with Crippen LogP contribution < -0.4 is 10.2 Å². The number of pyridine rings is 1. The highest BCUT2D eigenvalue weighted by atomic mass is 15.1. The molecule has 1 aromatic carbocycles. The summed E-state index contributed by atoms with van der Waals surface area (Å²) >= 11 is 0. The van der Waals surface area contributed by atoms with Crippen LogP contribution in [0.3, 0.4) is 0 Å². The van der Waals surface area contributed by atoms with E-state index in [9.17, 15) is 0 Å². The van der Waals surface area contributed by atoms with Gasteiger partial charge < -0.3 is 10.2 Å². The molecule has 0 saturated carbocycles. The minimum atomic E-state index is 0.291. The zero-order chi connectivity index (χ0) is 14.5. The molecule has 3 heteroatoms. The van der Waals surface area contributed by atoms with Crippen molar-refractivity contribution in [1.29, 1.82) is 0 Å². The highest BCUT2D eigenvalue weighted by molar-refractivity contribution is 5.49. The molecule has 2 rings (SSSR count). The molecule has 20 heavy (non-hydrogen) atoms. The van der Waals surface area contributed by atoms with Crippen LogP contribution in [0.5, 0.6) is 0 Å². The van der Waals surface area contributed by atoms with Gasteiger partial charge in [0.2, 0.25) is 0 Å². The highest BCUT2D eigenvalue weighted by Crippen LogP contribution is 2.24. The van der Waals surface area contributed by atoms with Crippen molar-refractivity contribution in [2.75, 3.05) is 24.3 Å². The Morgan fingerprint density at radius 3 is 2.40 bits per heavy atom. The van der Waals surface area contributed by atoms with Gasteiger partial charge in [-0.25, -0.2) is 4.98 Å². The van der Waals surface area contributed by atoms with Crippen LogP contribution in [0.25, 0.3) is 0 Å². The monoisotopic (exact) mass is 269 g/mol. The van der Waals surface area contributed by atoms with Crippen molar-refractivity contribution in [2.45, 2.75) is 26.3 Å². The third-order valence-electron chi connectivity index (χ3n) is 3.54. The largest absolute Gasteiger partial charge is 0.378 e. The minimum absolute atomic E-state index is 0.291. The van der Waals surface area contributed by atoms with E-state index in [0.717, 1.165) is 12.2 Å². The molecule has 0 aliphatic heterocycles. The number of nitrogens with zero attached hydrogens (tertiary/aromatic N) is 2. The number of hydrogen-bond acceptors (Lipinski definition) is 3. The van der Waals surface area contributed by atoms with Crippen molar-refractivity contribution < 1.29 is 0 Å². The van der Waals surface area contributed by atoms with Crippen LogP contribution in [0, 0.1) is 6.92 Å².